The molecule has 2 nitrogen and oxygen atoms in total. The van der Waals surface area contributed by atoms with Crippen LogP contribution in [0.3, 0.4) is 0 Å². The summed E-state index contributed by atoms with van der Waals surface area (Å²) in [5.41, 5.74) is 3.96. The lowest BCUT2D eigenvalue weighted by molar-refractivity contribution is 0.787. The number of nitrogens with zero attached hydrogens (tertiary/aromatic N) is 1. The lowest BCUT2D eigenvalue weighted by atomic mass is 10.1. The molecule has 2 aromatic rings. The van der Waals surface area contributed by atoms with E-state index in [9.17, 15) is 0 Å². The van der Waals surface area contributed by atoms with Crippen molar-refractivity contribution in [2.45, 2.75) is 20.3 Å². The van der Waals surface area contributed by atoms with Crippen LogP contribution in [0.2, 0.25) is 0 Å². The van der Waals surface area contributed by atoms with Gasteiger partial charge in [0, 0.05) is 19.2 Å². The van der Waals surface area contributed by atoms with Crippen molar-refractivity contribution in [3.05, 3.63) is 40.5 Å². The number of aromatic nitrogens is 1. The van der Waals surface area contributed by atoms with Crippen LogP contribution in [0.15, 0.2) is 24.4 Å². The van der Waals surface area contributed by atoms with E-state index in [0.717, 1.165) is 13.0 Å². The molecule has 1 aromatic carbocycles. The molecule has 0 aliphatic carbocycles. The second-order valence-electron chi connectivity index (χ2n) is 4.27. The van der Waals surface area contributed by atoms with Crippen molar-refractivity contribution in [1.29, 1.82) is 0 Å². The Morgan fingerprint density at radius 3 is 2.76 bits per heavy atom. The summed E-state index contributed by atoms with van der Waals surface area (Å²) < 4.78 is 0. The predicted molar refractivity (Wildman–Crippen MR) is 74.7 cm³/mol. The van der Waals surface area contributed by atoms with E-state index in [4.69, 9.17) is 0 Å². The van der Waals surface area contributed by atoms with Gasteiger partial charge in [0.1, 0.15) is 0 Å². The van der Waals surface area contributed by atoms with Gasteiger partial charge in [-0.15, -0.1) is 11.3 Å². The second-order valence-corrected chi connectivity index (χ2v) is 5.39. The molecule has 0 aliphatic heterocycles. The molecule has 17 heavy (non-hydrogen) atoms. The number of nitrogens with one attached hydrogen (secondary N) is 1. The third-order valence-corrected chi connectivity index (χ3v) is 4.04. The molecule has 0 saturated heterocycles. The van der Waals surface area contributed by atoms with Gasteiger partial charge in [-0.25, -0.2) is 4.98 Å². The van der Waals surface area contributed by atoms with Crippen LogP contribution in [0, 0.1) is 13.8 Å². The van der Waals surface area contributed by atoms with E-state index >= 15 is 0 Å². The topological polar surface area (TPSA) is 24.9 Å². The molecular weight excluding hydrogens is 228 g/mol. The highest BCUT2D eigenvalue weighted by atomic mass is 32.1. The standard InChI is InChI=1S/C14H18N2S/c1-10-4-5-12(8-11(10)2)13-9-16-14(17-13)6-7-15-3/h4-5,8-9,15H,6-7H2,1-3H3. The first-order valence-corrected chi connectivity index (χ1v) is 6.69. The van der Waals surface area contributed by atoms with E-state index in [1.165, 1.54) is 26.6 Å². The van der Waals surface area contributed by atoms with Crippen LogP contribution < -0.4 is 5.32 Å². The fourth-order valence-corrected chi connectivity index (χ4v) is 2.60. The number of aryl methyl sites for hydroxylation is 2. The molecule has 1 N–H and O–H groups in total. The molecule has 90 valence electrons. The van der Waals surface area contributed by atoms with Gasteiger partial charge in [-0.2, -0.15) is 0 Å². The largest absolute Gasteiger partial charge is 0.319 e. The molecule has 0 radical (unpaired) electrons. The SMILES string of the molecule is CNCCc1ncc(-c2ccc(C)c(C)c2)s1. The number of hydrogen-bond donors (Lipinski definition) is 1. The Labute approximate surface area is 107 Å². The Bertz CT molecular complexity index is 503. The molecule has 1 heterocycles. The van der Waals surface area contributed by atoms with E-state index in [1.807, 2.05) is 13.2 Å². The maximum Gasteiger partial charge on any atom is 0.0943 e. The summed E-state index contributed by atoms with van der Waals surface area (Å²) >= 11 is 1.79. The molecule has 0 unspecified atom stereocenters. The van der Waals surface area contributed by atoms with Crippen molar-refractivity contribution in [1.82, 2.24) is 10.3 Å². The molecule has 0 aliphatic rings. The second kappa shape index (κ2) is 5.43. The van der Waals surface area contributed by atoms with E-state index < -0.39 is 0 Å². The van der Waals surface area contributed by atoms with Gasteiger partial charge in [0.25, 0.3) is 0 Å². The minimum Gasteiger partial charge on any atom is -0.319 e. The number of thiazole rings is 1. The number of likely N-dealkylation sites (N-methyl/N-ethyl adjacent to an activating group) is 1. The summed E-state index contributed by atoms with van der Waals surface area (Å²) in [5, 5.41) is 4.35. The van der Waals surface area contributed by atoms with Crippen molar-refractivity contribution in [3.63, 3.8) is 0 Å². The minimum atomic E-state index is 0.986. The highest BCUT2D eigenvalue weighted by Crippen LogP contribution is 2.27. The van der Waals surface area contributed by atoms with Gasteiger partial charge >= 0.3 is 0 Å². The first kappa shape index (κ1) is 12.3. The zero-order chi connectivity index (χ0) is 12.3. The first-order chi connectivity index (χ1) is 8.20. The Morgan fingerprint density at radius 1 is 1.24 bits per heavy atom. The Morgan fingerprint density at radius 2 is 2.06 bits per heavy atom. The molecule has 0 atom stereocenters. The average molecular weight is 246 g/mol. The van der Waals surface area contributed by atoms with Gasteiger partial charge < -0.3 is 5.32 Å². The highest BCUT2D eigenvalue weighted by molar-refractivity contribution is 7.15. The summed E-state index contributed by atoms with van der Waals surface area (Å²) in [6.07, 6.45) is 2.99. The predicted octanol–water partition coefficient (Wildman–Crippen LogP) is 3.19. The normalized spacial score (nSPS) is 10.8. The van der Waals surface area contributed by atoms with E-state index in [-0.39, 0.29) is 0 Å². The van der Waals surface area contributed by atoms with Crippen LogP contribution in [0.25, 0.3) is 10.4 Å². The van der Waals surface area contributed by atoms with Crippen molar-refractivity contribution in [2.24, 2.45) is 0 Å². The fourth-order valence-electron chi connectivity index (χ4n) is 1.69. The van der Waals surface area contributed by atoms with E-state index in [1.54, 1.807) is 11.3 Å². The molecule has 0 fully saturated rings. The first-order valence-electron chi connectivity index (χ1n) is 5.87. The Hall–Kier alpha value is -1.19. The van der Waals surface area contributed by atoms with Crippen LogP contribution in [0.4, 0.5) is 0 Å². The van der Waals surface area contributed by atoms with Crippen LogP contribution in [0.1, 0.15) is 16.1 Å². The zero-order valence-electron chi connectivity index (χ0n) is 10.6. The molecule has 3 heteroatoms. The number of benzene rings is 1. The molecule has 1 aromatic heterocycles. The minimum absolute atomic E-state index is 0.986. The van der Waals surface area contributed by atoms with Gasteiger partial charge in [0.05, 0.1) is 9.88 Å². The monoisotopic (exact) mass is 246 g/mol. The lowest BCUT2D eigenvalue weighted by Crippen LogP contribution is -2.09. The molecule has 0 bridgehead atoms. The van der Waals surface area contributed by atoms with Gasteiger partial charge in [0.15, 0.2) is 0 Å². The van der Waals surface area contributed by atoms with Gasteiger partial charge in [-0.05, 0) is 37.6 Å². The lowest BCUT2D eigenvalue weighted by Gasteiger charge is -2.02. The van der Waals surface area contributed by atoms with E-state index in [2.05, 4.69) is 42.3 Å². The number of rotatable bonds is 4. The summed E-state index contributed by atoms with van der Waals surface area (Å²) in [7, 11) is 1.97. The maximum absolute atomic E-state index is 4.46. The smallest absolute Gasteiger partial charge is 0.0943 e. The fraction of sp³-hybridized carbons (Fsp3) is 0.357. The molecule has 0 amide bonds. The highest BCUT2D eigenvalue weighted by Gasteiger charge is 2.05. The van der Waals surface area contributed by atoms with Crippen molar-refractivity contribution >= 4 is 11.3 Å². The summed E-state index contributed by atoms with van der Waals surface area (Å²) in [6, 6.07) is 6.60. The van der Waals surface area contributed by atoms with Crippen LogP contribution in [-0.2, 0) is 6.42 Å². The van der Waals surface area contributed by atoms with Crippen LogP contribution >= 0.6 is 11.3 Å². The molecule has 0 spiro atoms. The molecule has 0 saturated carbocycles. The zero-order valence-corrected chi connectivity index (χ0v) is 11.4. The van der Waals surface area contributed by atoms with Gasteiger partial charge in [-0.3, -0.25) is 0 Å². The van der Waals surface area contributed by atoms with E-state index in [0.29, 0.717) is 0 Å². The molecular formula is C14H18N2S. The van der Waals surface area contributed by atoms with Crippen LogP contribution in [0.5, 0.6) is 0 Å². The van der Waals surface area contributed by atoms with Crippen molar-refractivity contribution in [3.8, 4) is 10.4 Å². The summed E-state index contributed by atoms with van der Waals surface area (Å²) in [5.74, 6) is 0. The van der Waals surface area contributed by atoms with Gasteiger partial charge in [-0.1, -0.05) is 18.2 Å². The Kier molecular flexibility index (Phi) is 3.92. The third-order valence-electron chi connectivity index (χ3n) is 2.93. The summed E-state index contributed by atoms with van der Waals surface area (Å²) in [6.45, 7) is 5.28. The van der Waals surface area contributed by atoms with Gasteiger partial charge in [0.2, 0.25) is 0 Å². The van der Waals surface area contributed by atoms with Crippen LogP contribution in [-0.4, -0.2) is 18.6 Å². The Balaban J connectivity index is 2.21. The number of hydrogen-bond acceptors (Lipinski definition) is 3. The molecule has 2 rings (SSSR count). The van der Waals surface area contributed by atoms with Crippen molar-refractivity contribution in [2.75, 3.05) is 13.6 Å². The third kappa shape index (κ3) is 2.93. The quantitative estimate of drug-likeness (QED) is 0.896. The summed E-state index contributed by atoms with van der Waals surface area (Å²) in [4.78, 5) is 5.72. The maximum atomic E-state index is 4.46. The van der Waals surface area contributed by atoms with Crippen molar-refractivity contribution < 1.29 is 0 Å². The average Bonchev–Trinajstić information content (AvgIpc) is 2.79.